The van der Waals surface area contributed by atoms with Crippen molar-refractivity contribution in [3.8, 4) is 5.75 Å². The van der Waals surface area contributed by atoms with Crippen LogP contribution in [0, 0.1) is 11.7 Å². The normalized spacial score (nSPS) is 18.3. The van der Waals surface area contributed by atoms with Gasteiger partial charge in [-0.2, -0.15) is 0 Å². The van der Waals surface area contributed by atoms with Gasteiger partial charge in [0.25, 0.3) is 5.91 Å². The minimum absolute atomic E-state index is 0.00558. The largest absolute Gasteiger partial charge is 0.484 e. The molecule has 1 atom stereocenters. The lowest BCUT2D eigenvalue weighted by Crippen LogP contribution is -2.42. The van der Waals surface area contributed by atoms with Gasteiger partial charge < -0.3 is 14.7 Å². The van der Waals surface area contributed by atoms with Gasteiger partial charge in [0, 0.05) is 19.5 Å². The molecular formula is C15H18FNO4. The molecule has 1 fully saturated rings. The van der Waals surface area contributed by atoms with Crippen LogP contribution in [-0.4, -0.2) is 41.6 Å². The first-order chi connectivity index (χ1) is 10.0. The van der Waals surface area contributed by atoms with Crippen LogP contribution in [0.5, 0.6) is 5.75 Å². The Morgan fingerprint density at radius 2 is 2.05 bits per heavy atom. The second-order valence-corrected chi connectivity index (χ2v) is 5.19. The maximum absolute atomic E-state index is 12.7. The first-order valence-electron chi connectivity index (χ1n) is 6.92. The van der Waals surface area contributed by atoms with Gasteiger partial charge in [-0.1, -0.05) is 0 Å². The van der Waals surface area contributed by atoms with E-state index in [9.17, 15) is 14.0 Å². The van der Waals surface area contributed by atoms with Crippen LogP contribution < -0.4 is 4.74 Å². The maximum atomic E-state index is 12.7. The fourth-order valence-electron chi connectivity index (χ4n) is 2.47. The molecule has 1 aromatic carbocycles. The number of amides is 1. The summed E-state index contributed by atoms with van der Waals surface area (Å²) in [6, 6.07) is 5.46. The van der Waals surface area contributed by atoms with E-state index in [4.69, 9.17) is 9.84 Å². The molecule has 5 nitrogen and oxygen atoms in total. The molecule has 0 spiro atoms. The van der Waals surface area contributed by atoms with Gasteiger partial charge in [0.15, 0.2) is 6.61 Å². The molecule has 6 heteroatoms. The summed E-state index contributed by atoms with van der Waals surface area (Å²) in [7, 11) is 0. The van der Waals surface area contributed by atoms with E-state index < -0.39 is 5.97 Å². The average Bonchev–Trinajstić information content (AvgIpc) is 2.46. The Morgan fingerprint density at radius 1 is 1.33 bits per heavy atom. The van der Waals surface area contributed by atoms with Crippen LogP contribution in [0.15, 0.2) is 24.3 Å². The summed E-state index contributed by atoms with van der Waals surface area (Å²) in [4.78, 5) is 24.4. The molecular weight excluding hydrogens is 277 g/mol. The molecule has 0 aromatic heterocycles. The highest BCUT2D eigenvalue weighted by atomic mass is 19.1. The zero-order valence-corrected chi connectivity index (χ0v) is 11.6. The highest BCUT2D eigenvalue weighted by molar-refractivity contribution is 5.78. The van der Waals surface area contributed by atoms with Crippen LogP contribution in [0.1, 0.15) is 19.3 Å². The highest BCUT2D eigenvalue weighted by Gasteiger charge is 2.25. The number of halogens is 1. The zero-order valence-electron chi connectivity index (χ0n) is 11.6. The summed E-state index contributed by atoms with van der Waals surface area (Å²) in [5.41, 5.74) is 0. The van der Waals surface area contributed by atoms with Crippen molar-refractivity contribution < 1.29 is 23.8 Å². The number of rotatable bonds is 5. The van der Waals surface area contributed by atoms with Crippen molar-refractivity contribution in [2.24, 2.45) is 5.92 Å². The number of carbonyl (C=O) groups is 2. The second kappa shape index (κ2) is 7.06. The Labute approximate surface area is 122 Å². The van der Waals surface area contributed by atoms with Crippen molar-refractivity contribution in [3.63, 3.8) is 0 Å². The zero-order chi connectivity index (χ0) is 15.2. The van der Waals surface area contributed by atoms with Crippen LogP contribution in [0.4, 0.5) is 4.39 Å². The average molecular weight is 295 g/mol. The number of carboxylic acid groups (broad SMARTS) is 1. The van der Waals surface area contributed by atoms with E-state index >= 15 is 0 Å². The minimum atomic E-state index is -0.836. The van der Waals surface area contributed by atoms with Gasteiger partial charge in [-0.05, 0) is 43.0 Å². The Hall–Kier alpha value is -2.11. The Morgan fingerprint density at radius 3 is 2.71 bits per heavy atom. The van der Waals surface area contributed by atoms with E-state index in [0.29, 0.717) is 18.8 Å². The molecule has 1 N–H and O–H groups in total. The van der Waals surface area contributed by atoms with Gasteiger partial charge in [-0.3, -0.25) is 9.59 Å². The van der Waals surface area contributed by atoms with Gasteiger partial charge in [0.1, 0.15) is 11.6 Å². The molecule has 1 amide bonds. The predicted molar refractivity (Wildman–Crippen MR) is 73.5 cm³/mol. The standard InChI is InChI=1S/C15H18FNO4/c16-12-3-5-13(6-4-12)21-10-14(18)17-7-1-2-11(9-17)8-15(19)20/h3-6,11H,1-2,7-10H2,(H,19,20). The molecule has 0 bridgehead atoms. The summed E-state index contributed by atoms with van der Waals surface area (Å²) in [5.74, 6) is -0.928. The fourth-order valence-corrected chi connectivity index (χ4v) is 2.47. The van der Waals surface area contributed by atoms with Crippen molar-refractivity contribution in [3.05, 3.63) is 30.1 Å². The second-order valence-electron chi connectivity index (χ2n) is 5.19. The smallest absolute Gasteiger partial charge is 0.303 e. The molecule has 114 valence electrons. The Balaban J connectivity index is 1.82. The number of hydrogen-bond acceptors (Lipinski definition) is 3. The monoisotopic (exact) mass is 295 g/mol. The minimum Gasteiger partial charge on any atom is -0.484 e. The van der Waals surface area contributed by atoms with E-state index in [1.807, 2.05) is 0 Å². The predicted octanol–water partition coefficient (Wildman–Crippen LogP) is 1.92. The maximum Gasteiger partial charge on any atom is 0.303 e. The molecule has 1 aromatic rings. The third-order valence-corrected chi connectivity index (χ3v) is 3.51. The third-order valence-electron chi connectivity index (χ3n) is 3.51. The van der Waals surface area contributed by atoms with Crippen molar-refractivity contribution in [1.29, 1.82) is 0 Å². The van der Waals surface area contributed by atoms with Crippen LogP contribution in [0.2, 0.25) is 0 Å². The lowest BCUT2D eigenvalue weighted by Gasteiger charge is -2.32. The summed E-state index contributed by atoms with van der Waals surface area (Å²) in [5, 5.41) is 8.81. The first-order valence-corrected chi connectivity index (χ1v) is 6.92. The number of hydrogen-bond donors (Lipinski definition) is 1. The molecule has 21 heavy (non-hydrogen) atoms. The number of aliphatic carboxylic acids is 1. The van der Waals surface area contributed by atoms with Crippen LogP contribution in [-0.2, 0) is 9.59 Å². The summed E-state index contributed by atoms with van der Waals surface area (Å²) >= 11 is 0. The third kappa shape index (κ3) is 4.73. The van der Waals surface area contributed by atoms with Gasteiger partial charge in [0.2, 0.25) is 0 Å². The lowest BCUT2D eigenvalue weighted by molar-refractivity contribution is -0.141. The van der Waals surface area contributed by atoms with E-state index in [1.54, 1.807) is 4.90 Å². The van der Waals surface area contributed by atoms with Crippen LogP contribution in [0.3, 0.4) is 0 Å². The number of carbonyl (C=O) groups excluding carboxylic acids is 1. The van der Waals surface area contributed by atoms with Crippen LogP contribution >= 0.6 is 0 Å². The van der Waals surface area contributed by atoms with Crippen molar-refractivity contribution in [2.75, 3.05) is 19.7 Å². The van der Waals surface area contributed by atoms with E-state index in [0.717, 1.165) is 12.8 Å². The first kappa shape index (κ1) is 15.3. The molecule has 2 rings (SSSR count). The molecule has 0 aliphatic carbocycles. The molecule has 0 radical (unpaired) electrons. The summed E-state index contributed by atoms with van der Waals surface area (Å²) < 4.78 is 18.1. The van der Waals surface area contributed by atoms with E-state index in [2.05, 4.69) is 0 Å². The molecule has 1 heterocycles. The molecule has 1 saturated heterocycles. The number of carboxylic acids is 1. The fraction of sp³-hybridized carbons (Fsp3) is 0.467. The number of nitrogens with zero attached hydrogens (tertiary/aromatic N) is 1. The van der Waals surface area contributed by atoms with Crippen molar-refractivity contribution in [1.82, 2.24) is 4.90 Å². The topological polar surface area (TPSA) is 66.8 Å². The molecule has 1 aliphatic rings. The van der Waals surface area contributed by atoms with Crippen LogP contribution in [0.25, 0.3) is 0 Å². The number of likely N-dealkylation sites (tertiary alicyclic amines) is 1. The SMILES string of the molecule is O=C(O)CC1CCCN(C(=O)COc2ccc(F)cc2)C1. The van der Waals surface area contributed by atoms with E-state index in [-0.39, 0.29) is 30.7 Å². The number of ether oxygens (including phenoxy) is 1. The summed E-state index contributed by atoms with van der Waals surface area (Å²) in [6.45, 7) is 0.963. The highest BCUT2D eigenvalue weighted by Crippen LogP contribution is 2.20. The quantitative estimate of drug-likeness (QED) is 0.901. The van der Waals surface area contributed by atoms with Gasteiger partial charge in [0.05, 0.1) is 0 Å². The molecule has 1 unspecified atom stereocenters. The Bertz CT molecular complexity index is 503. The molecule has 1 aliphatic heterocycles. The van der Waals surface area contributed by atoms with Gasteiger partial charge >= 0.3 is 5.97 Å². The van der Waals surface area contributed by atoms with Crippen molar-refractivity contribution in [2.45, 2.75) is 19.3 Å². The van der Waals surface area contributed by atoms with Gasteiger partial charge in [-0.15, -0.1) is 0 Å². The van der Waals surface area contributed by atoms with Gasteiger partial charge in [-0.25, -0.2) is 4.39 Å². The Kier molecular flexibility index (Phi) is 5.14. The van der Waals surface area contributed by atoms with E-state index in [1.165, 1.54) is 24.3 Å². The number of piperidine rings is 1. The lowest BCUT2D eigenvalue weighted by atomic mass is 9.95. The number of benzene rings is 1. The summed E-state index contributed by atoms with van der Waals surface area (Å²) in [6.07, 6.45) is 1.72. The molecule has 0 saturated carbocycles. The van der Waals surface area contributed by atoms with Crippen molar-refractivity contribution >= 4 is 11.9 Å².